The summed E-state index contributed by atoms with van der Waals surface area (Å²) in [5.74, 6) is 0.00814. The van der Waals surface area contributed by atoms with Crippen molar-refractivity contribution in [2.75, 3.05) is 17.3 Å². The lowest BCUT2D eigenvalue weighted by Crippen LogP contribution is -2.36. The van der Waals surface area contributed by atoms with Gasteiger partial charge < -0.3 is 15.8 Å². The van der Waals surface area contributed by atoms with Gasteiger partial charge in [-0.15, -0.1) is 0 Å². The zero-order chi connectivity index (χ0) is 16.0. The zero-order valence-electron chi connectivity index (χ0n) is 11.0. The molecule has 0 saturated heterocycles. The number of carbonyl (C=O) groups is 1. The lowest BCUT2D eigenvalue weighted by Gasteiger charge is -2.14. The van der Waals surface area contributed by atoms with E-state index < -0.39 is 18.6 Å². The summed E-state index contributed by atoms with van der Waals surface area (Å²) in [6.07, 6.45) is 2.42. The molecule has 21 heavy (non-hydrogen) atoms. The van der Waals surface area contributed by atoms with Gasteiger partial charge in [-0.3, -0.25) is 4.79 Å². The number of halogens is 4. The van der Waals surface area contributed by atoms with E-state index in [1.807, 2.05) is 6.26 Å². The number of alkyl halides is 2. The molecule has 0 unspecified atom stereocenters. The Bertz CT molecular complexity index is 483. The van der Waals surface area contributed by atoms with Gasteiger partial charge in [0.05, 0.1) is 16.1 Å². The second-order valence-corrected chi connectivity index (χ2v) is 5.82. The van der Waals surface area contributed by atoms with Crippen LogP contribution in [-0.2, 0) is 4.79 Å². The minimum atomic E-state index is -3.04. The first-order valence-electron chi connectivity index (χ1n) is 5.84. The molecule has 0 aromatic heterocycles. The van der Waals surface area contributed by atoms with Crippen molar-refractivity contribution in [3.05, 3.63) is 22.2 Å². The average molecular weight is 359 g/mol. The Hall–Kier alpha value is -0.760. The Morgan fingerprint density at radius 3 is 2.48 bits per heavy atom. The van der Waals surface area contributed by atoms with Crippen molar-refractivity contribution in [3.8, 4) is 5.75 Å². The summed E-state index contributed by atoms with van der Waals surface area (Å²) in [5.41, 5.74) is 5.97. The Morgan fingerprint density at radius 2 is 2.00 bits per heavy atom. The number of anilines is 1. The van der Waals surface area contributed by atoms with Crippen LogP contribution in [0.5, 0.6) is 5.75 Å². The van der Waals surface area contributed by atoms with E-state index in [-0.39, 0.29) is 21.5 Å². The molecule has 0 spiro atoms. The van der Waals surface area contributed by atoms with Crippen molar-refractivity contribution in [1.82, 2.24) is 0 Å². The molecule has 3 N–H and O–H groups in total. The molecule has 1 aromatic carbocycles. The number of carbonyl (C=O) groups excluding carboxylic acids is 1. The summed E-state index contributed by atoms with van der Waals surface area (Å²) in [6, 6.07) is 1.86. The number of nitrogens with one attached hydrogen (secondary N) is 1. The average Bonchev–Trinajstić information content (AvgIpc) is 2.39. The first kappa shape index (κ1) is 18.3. The van der Waals surface area contributed by atoms with Gasteiger partial charge in [-0.1, -0.05) is 23.2 Å². The molecule has 0 fully saturated rings. The largest absolute Gasteiger partial charge is 0.432 e. The number of hydrogen-bond acceptors (Lipinski definition) is 4. The molecule has 9 heteroatoms. The summed E-state index contributed by atoms with van der Waals surface area (Å²) in [7, 11) is 0. The summed E-state index contributed by atoms with van der Waals surface area (Å²) in [5, 5.41) is 2.27. The van der Waals surface area contributed by atoms with Crippen molar-refractivity contribution in [2.24, 2.45) is 5.73 Å². The van der Waals surface area contributed by atoms with Crippen LogP contribution in [0.3, 0.4) is 0 Å². The van der Waals surface area contributed by atoms with Crippen LogP contribution < -0.4 is 15.8 Å². The standard InChI is InChI=1S/C12H14Cl2F2N2O2S/c1-21-3-2-9(17)11(19)18-6-4-7(13)10(8(14)5-6)20-12(15)16/h4-5,9,12H,2-3,17H2,1H3,(H,18,19)/t9-/m1/s1. The molecule has 4 nitrogen and oxygen atoms in total. The minimum absolute atomic E-state index is 0.129. The highest BCUT2D eigenvalue weighted by Crippen LogP contribution is 2.36. The summed E-state index contributed by atoms with van der Waals surface area (Å²) in [4.78, 5) is 11.8. The van der Waals surface area contributed by atoms with Gasteiger partial charge in [0.1, 0.15) is 0 Å². The van der Waals surface area contributed by atoms with Crippen LogP contribution in [0.1, 0.15) is 6.42 Å². The highest BCUT2D eigenvalue weighted by atomic mass is 35.5. The summed E-state index contributed by atoms with van der Waals surface area (Å²) in [6.45, 7) is -3.04. The number of benzene rings is 1. The lowest BCUT2D eigenvalue weighted by atomic mass is 10.2. The van der Waals surface area contributed by atoms with Gasteiger partial charge >= 0.3 is 6.61 Å². The third-order valence-corrected chi connectivity index (χ3v) is 3.65. The number of thioether (sulfide) groups is 1. The molecule has 0 saturated carbocycles. The number of amides is 1. The highest BCUT2D eigenvalue weighted by molar-refractivity contribution is 7.98. The normalized spacial score (nSPS) is 12.3. The van der Waals surface area contributed by atoms with E-state index in [1.54, 1.807) is 11.8 Å². The van der Waals surface area contributed by atoms with Crippen molar-refractivity contribution in [3.63, 3.8) is 0 Å². The predicted octanol–water partition coefficient (Wildman–Crippen LogP) is 3.61. The van der Waals surface area contributed by atoms with E-state index in [4.69, 9.17) is 28.9 Å². The van der Waals surface area contributed by atoms with Gasteiger partial charge in [0.15, 0.2) is 5.75 Å². The molecular formula is C12H14Cl2F2N2O2S. The van der Waals surface area contributed by atoms with Crippen LogP contribution in [0.2, 0.25) is 10.0 Å². The fraction of sp³-hybridized carbons (Fsp3) is 0.417. The monoisotopic (exact) mass is 358 g/mol. The van der Waals surface area contributed by atoms with Crippen LogP contribution >= 0.6 is 35.0 Å². The predicted molar refractivity (Wildman–Crippen MR) is 82.7 cm³/mol. The molecule has 0 bridgehead atoms. The molecule has 0 aliphatic heterocycles. The molecule has 1 aromatic rings. The zero-order valence-corrected chi connectivity index (χ0v) is 13.4. The van der Waals surface area contributed by atoms with Crippen LogP contribution in [-0.4, -0.2) is 30.6 Å². The van der Waals surface area contributed by atoms with Crippen molar-refractivity contribution >= 4 is 46.6 Å². The number of ether oxygens (including phenoxy) is 1. The highest BCUT2D eigenvalue weighted by Gasteiger charge is 2.17. The summed E-state index contributed by atoms with van der Waals surface area (Å²) < 4.78 is 28.6. The quantitative estimate of drug-likeness (QED) is 0.781. The van der Waals surface area contributed by atoms with Crippen molar-refractivity contribution < 1.29 is 18.3 Å². The van der Waals surface area contributed by atoms with Gasteiger partial charge in [-0.05, 0) is 30.6 Å². The van der Waals surface area contributed by atoms with Crippen LogP contribution in [0.15, 0.2) is 12.1 Å². The molecule has 0 aliphatic carbocycles. The van der Waals surface area contributed by atoms with Crippen LogP contribution in [0.4, 0.5) is 14.5 Å². The van der Waals surface area contributed by atoms with Gasteiger partial charge in [-0.25, -0.2) is 0 Å². The Labute approximate surface area is 135 Å². The van der Waals surface area contributed by atoms with Gasteiger partial charge in [0.2, 0.25) is 5.91 Å². The SMILES string of the molecule is CSCC[C@@H](N)C(=O)Nc1cc(Cl)c(OC(F)F)c(Cl)c1. The Kier molecular flexibility index (Phi) is 7.51. The van der Waals surface area contributed by atoms with E-state index in [0.717, 1.165) is 5.75 Å². The maximum Gasteiger partial charge on any atom is 0.387 e. The first-order valence-corrected chi connectivity index (χ1v) is 7.99. The first-order chi connectivity index (χ1) is 9.85. The van der Waals surface area contributed by atoms with Crippen LogP contribution in [0.25, 0.3) is 0 Å². The molecule has 0 radical (unpaired) electrons. The van der Waals surface area contributed by atoms with E-state index in [9.17, 15) is 13.6 Å². The fourth-order valence-electron chi connectivity index (χ4n) is 1.44. The van der Waals surface area contributed by atoms with Crippen molar-refractivity contribution in [2.45, 2.75) is 19.1 Å². The second kappa shape index (κ2) is 8.63. The maximum atomic E-state index is 12.2. The number of rotatable bonds is 7. The molecule has 0 aliphatic rings. The van der Waals surface area contributed by atoms with E-state index >= 15 is 0 Å². The number of hydrogen-bond donors (Lipinski definition) is 2. The number of nitrogens with two attached hydrogens (primary N) is 1. The maximum absolute atomic E-state index is 12.2. The molecule has 0 heterocycles. The van der Waals surface area contributed by atoms with E-state index in [1.165, 1.54) is 12.1 Å². The molecule has 1 amide bonds. The van der Waals surface area contributed by atoms with E-state index in [2.05, 4.69) is 10.1 Å². The van der Waals surface area contributed by atoms with Gasteiger partial charge in [0, 0.05) is 5.69 Å². The van der Waals surface area contributed by atoms with Gasteiger partial charge in [0.25, 0.3) is 0 Å². The van der Waals surface area contributed by atoms with E-state index in [0.29, 0.717) is 6.42 Å². The third-order valence-electron chi connectivity index (χ3n) is 2.44. The third kappa shape index (κ3) is 5.86. The fourth-order valence-corrected chi connectivity index (χ4v) is 2.51. The van der Waals surface area contributed by atoms with Crippen LogP contribution in [0, 0.1) is 0 Å². The van der Waals surface area contributed by atoms with Crippen molar-refractivity contribution in [1.29, 1.82) is 0 Å². The van der Waals surface area contributed by atoms with Gasteiger partial charge in [-0.2, -0.15) is 20.5 Å². The summed E-state index contributed by atoms with van der Waals surface area (Å²) >= 11 is 13.2. The topological polar surface area (TPSA) is 64.4 Å². The molecule has 1 atom stereocenters. The Balaban J connectivity index is 2.79. The molecular weight excluding hydrogens is 345 g/mol. The smallest absolute Gasteiger partial charge is 0.387 e. The Morgan fingerprint density at radius 1 is 1.43 bits per heavy atom. The second-order valence-electron chi connectivity index (χ2n) is 4.02. The lowest BCUT2D eigenvalue weighted by molar-refractivity contribution is -0.117. The molecule has 118 valence electrons. The molecule has 1 rings (SSSR count). The minimum Gasteiger partial charge on any atom is -0.432 e.